The second-order valence-corrected chi connectivity index (χ2v) is 5.19. The first-order valence-corrected chi connectivity index (χ1v) is 6.73. The monoisotopic (exact) mass is 263 g/mol. The van der Waals surface area contributed by atoms with Gasteiger partial charge in [-0.05, 0) is 18.1 Å². The Morgan fingerprint density at radius 3 is 3.00 bits per heavy atom. The Labute approximate surface area is 112 Å². The lowest BCUT2D eigenvalue weighted by atomic mass is 9.98. The molecule has 0 aromatic heterocycles. The van der Waals surface area contributed by atoms with E-state index in [1.165, 1.54) is 16.2 Å². The molecule has 1 aromatic rings. The second kappa shape index (κ2) is 5.07. The number of rotatable bonds is 3. The van der Waals surface area contributed by atoms with Crippen molar-refractivity contribution in [2.75, 3.05) is 31.5 Å². The number of nitrogens with zero attached hydrogens (tertiary/aromatic N) is 1. The third-order valence-corrected chi connectivity index (χ3v) is 3.83. The minimum absolute atomic E-state index is 0.145. The number of anilines is 1. The predicted octanol–water partition coefficient (Wildman–Crippen LogP) is 1.95. The maximum Gasteiger partial charge on any atom is 0.317 e. The van der Waals surface area contributed by atoms with Crippen molar-refractivity contribution in [3.63, 3.8) is 0 Å². The lowest BCUT2D eigenvalue weighted by Crippen LogP contribution is -2.55. The highest BCUT2D eigenvalue weighted by atomic mass is 19.1. The maximum absolute atomic E-state index is 12.6. The average Bonchev–Trinajstić information content (AvgIpc) is 2.79. The third kappa shape index (κ3) is 2.50. The molecule has 4 nitrogen and oxygen atoms in total. The van der Waals surface area contributed by atoms with Crippen LogP contribution in [0.4, 0.5) is 14.9 Å². The Hall–Kier alpha value is -1.78. The topological polar surface area (TPSA) is 44.4 Å². The zero-order valence-electron chi connectivity index (χ0n) is 10.7. The Morgan fingerprint density at radius 2 is 2.21 bits per heavy atom. The van der Waals surface area contributed by atoms with Gasteiger partial charge in [-0.3, -0.25) is 0 Å². The van der Waals surface area contributed by atoms with E-state index in [-0.39, 0.29) is 19.1 Å². The normalized spacial score (nSPS) is 21.5. The summed E-state index contributed by atoms with van der Waals surface area (Å²) in [5.74, 6) is 0.446. The molecule has 1 saturated heterocycles. The van der Waals surface area contributed by atoms with E-state index in [4.69, 9.17) is 0 Å². The summed E-state index contributed by atoms with van der Waals surface area (Å²) in [5, 5.41) is 6.22. The van der Waals surface area contributed by atoms with Crippen LogP contribution in [0.5, 0.6) is 0 Å². The van der Waals surface area contributed by atoms with Gasteiger partial charge in [0, 0.05) is 24.7 Å². The van der Waals surface area contributed by atoms with Gasteiger partial charge in [0.25, 0.3) is 0 Å². The van der Waals surface area contributed by atoms with E-state index in [0.29, 0.717) is 12.5 Å². The number of para-hydroxylation sites is 1. The molecule has 102 valence electrons. The Balaban J connectivity index is 1.45. The van der Waals surface area contributed by atoms with Crippen LogP contribution >= 0.6 is 0 Å². The predicted molar refractivity (Wildman–Crippen MR) is 72.2 cm³/mol. The summed E-state index contributed by atoms with van der Waals surface area (Å²) in [6.07, 6.45) is 0.0690. The number of urea groups is 1. The molecular weight excluding hydrogens is 245 g/mol. The molecule has 0 bridgehead atoms. The van der Waals surface area contributed by atoms with Crippen molar-refractivity contribution in [3.8, 4) is 0 Å². The Bertz CT molecular complexity index is 474. The molecular formula is C14H18FN3O. The zero-order chi connectivity index (χ0) is 13.2. The van der Waals surface area contributed by atoms with Gasteiger partial charge in [0.05, 0.1) is 13.1 Å². The van der Waals surface area contributed by atoms with Crippen LogP contribution in [0.3, 0.4) is 0 Å². The molecule has 2 aliphatic heterocycles. The van der Waals surface area contributed by atoms with Crippen LogP contribution in [0.25, 0.3) is 0 Å². The van der Waals surface area contributed by atoms with Crippen molar-refractivity contribution in [2.24, 2.45) is 0 Å². The van der Waals surface area contributed by atoms with Crippen molar-refractivity contribution in [1.29, 1.82) is 0 Å². The van der Waals surface area contributed by atoms with Crippen LogP contribution in [-0.2, 0) is 0 Å². The summed E-state index contributed by atoms with van der Waals surface area (Å²) in [6, 6.07) is 8.13. The van der Waals surface area contributed by atoms with E-state index < -0.39 is 6.17 Å². The number of alkyl halides is 1. The molecule has 19 heavy (non-hydrogen) atoms. The van der Waals surface area contributed by atoms with Crippen molar-refractivity contribution in [3.05, 3.63) is 29.8 Å². The molecule has 0 spiro atoms. The van der Waals surface area contributed by atoms with Crippen LogP contribution < -0.4 is 10.6 Å². The lowest BCUT2D eigenvalue weighted by molar-refractivity contribution is 0.0898. The first-order chi connectivity index (χ1) is 9.24. The summed E-state index contributed by atoms with van der Waals surface area (Å²) < 4.78 is 12.6. The highest BCUT2D eigenvalue weighted by molar-refractivity contribution is 5.75. The van der Waals surface area contributed by atoms with Gasteiger partial charge in [-0.2, -0.15) is 0 Å². The molecule has 5 heteroatoms. The molecule has 1 atom stereocenters. The van der Waals surface area contributed by atoms with Gasteiger partial charge in [0.15, 0.2) is 0 Å². The molecule has 2 heterocycles. The quantitative estimate of drug-likeness (QED) is 0.875. The SMILES string of the molecule is O=C(NCCC1CNc2ccccc21)N1CC(F)C1. The van der Waals surface area contributed by atoms with Crippen LogP contribution in [-0.4, -0.2) is 43.3 Å². The number of carbonyl (C=O) groups excluding carboxylic acids is 1. The summed E-state index contributed by atoms with van der Waals surface area (Å²) in [5.41, 5.74) is 2.52. The van der Waals surface area contributed by atoms with Crippen molar-refractivity contribution < 1.29 is 9.18 Å². The molecule has 0 aliphatic carbocycles. The van der Waals surface area contributed by atoms with Gasteiger partial charge in [0.1, 0.15) is 6.17 Å². The largest absolute Gasteiger partial charge is 0.384 e. The number of hydrogen-bond acceptors (Lipinski definition) is 2. The van der Waals surface area contributed by atoms with E-state index in [1.807, 2.05) is 12.1 Å². The number of nitrogens with one attached hydrogen (secondary N) is 2. The van der Waals surface area contributed by atoms with Gasteiger partial charge >= 0.3 is 6.03 Å². The van der Waals surface area contributed by atoms with Crippen molar-refractivity contribution >= 4 is 11.7 Å². The van der Waals surface area contributed by atoms with Crippen LogP contribution in [0.1, 0.15) is 17.9 Å². The van der Waals surface area contributed by atoms with Gasteiger partial charge < -0.3 is 15.5 Å². The fraction of sp³-hybridized carbons (Fsp3) is 0.500. The van der Waals surface area contributed by atoms with E-state index >= 15 is 0 Å². The first kappa shape index (κ1) is 12.3. The van der Waals surface area contributed by atoms with Gasteiger partial charge in [0.2, 0.25) is 0 Å². The smallest absolute Gasteiger partial charge is 0.317 e. The van der Waals surface area contributed by atoms with E-state index in [2.05, 4.69) is 22.8 Å². The number of carbonyl (C=O) groups is 1. The minimum atomic E-state index is -0.836. The molecule has 0 saturated carbocycles. The number of hydrogen-bond donors (Lipinski definition) is 2. The molecule has 0 radical (unpaired) electrons. The summed E-state index contributed by atoms with van der Waals surface area (Å²) in [6.45, 7) is 2.03. The van der Waals surface area contributed by atoms with E-state index in [0.717, 1.165) is 13.0 Å². The number of amides is 2. The summed E-state index contributed by atoms with van der Waals surface area (Å²) >= 11 is 0. The molecule has 1 aromatic carbocycles. The van der Waals surface area contributed by atoms with Crippen molar-refractivity contribution in [2.45, 2.75) is 18.5 Å². The fourth-order valence-corrected chi connectivity index (χ4v) is 2.67. The minimum Gasteiger partial charge on any atom is -0.384 e. The fourth-order valence-electron chi connectivity index (χ4n) is 2.67. The van der Waals surface area contributed by atoms with Gasteiger partial charge in [-0.1, -0.05) is 18.2 Å². The zero-order valence-corrected chi connectivity index (χ0v) is 10.7. The van der Waals surface area contributed by atoms with Gasteiger partial charge in [-0.15, -0.1) is 0 Å². The van der Waals surface area contributed by atoms with E-state index in [9.17, 15) is 9.18 Å². The third-order valence-electron chi connectivity index (χ3n) is 3.83. The lowest BCUT2D eigenvalue weighted by Gasteiger charge is -2.34. The maximum atomic E-state index is 12.6. The molecule has 2 aliphatic rings. The first-order valence-electron chi connectivity index (χ1n) is 6.73. The molecule has 3 rings (SSSR count). The summed E-state index contributed by atoms with van der Waals surface area (Å²) in [7, 11) is 0. The van der Waals surface area contributed by atoms with E-state index in [1.54, 1.807) is 0 Å². The molecule has 2 amide bonds. The Morgan fingerprint density at radius 1 is 1.42 bits per heavy atom. The highest BCUT2D eigenvalue weighted by Gasteiger charge is 2.30. The molecule has 2 N–H and O–H groups in total. The average molecular weight is 263 g/mol. The second-order valence-electron chi connectivity index (χ2n) is 5.19. The van der Waals surface area contributed by atoms with Gasteiger partial charge in [-0.25, -0.2) is 9.18 Å². The van der Waals surface area contributed by atoms with Crippen LogP contribution in [0, 0.1) is 0 Å². The standard InChI is InChI=1S/C14H18FN3O/c15-11-8-18(9-11)14(19)16-6-5-10-7-17-13-4-2-1-3-12(10)13/h1-4,10-11,17H,5-9H2,(H,16,19). The summed E-state index contributed by atoms with van der Waals surface area (Å²) in [4.78, 5) is 13.1. The molecule has 1 fully saturated rings. The number of fused-ring (bicyclic) bond motifs is 1. The number of benzene rings is 1. The van der Waals surface area contributed by atoms with Crippen LogP contribution in [0.15, 0.2) is 24.3 Å². The highest BCUT2D eigenvalue weighted by Crippen LogP contribution is 2.32. The molecule has 1 unspecified atom stereocenters. The Kier molecular flexibility index (Phi) is 3.27. The number of likely N-dealkylation sites (tertiary alicyclic amines) is 1. The number of halogens is 1. The van der Waals surface area contributed by atoms with Crippen molar-refractivity contribution in [1.82, 2.24) is 10.2 Å². The van der Waals surface area contributed by atoms with Crippen LogP contribution in [0.2, 0.25) is 0 Å².